The number of esters is 1. The molecule has 0 fully saturated rings. The first-order chi connectivity index (χ1) is 10.1. The molecule has 2 rings (SSSR count). The minimum Gasteiger partial charge on any atom is -0.496 e. The smallest absolute Gasteiger partial charge is 0.338 e. The van der Waals surface area contributed by atoms with Gasteiger partial charge in [0.1, 0.15) is 12.4 Å². The van der Waals surface area contributed by atoms with Gasteiger partial charge in [-0.25, -0.2) is 4.79 Å². The summed E-state index contributed by atoms with van der Waals surface area (Å²) in [7, 11) is 1.52. The van der Waals surface area contributed by atoms with Crippen molar-refractivity contribution < 1.29 is 14.3 Å². The number of anilines is 1. The zero-order valence-corrected chi connectivity index (χ0v) is 11.5. The Bertz CT molecular complexity index is 705. The van der Waals surface area contributed by atoms with E-state index in [1.165, 1.54) is 7.11 Å². The van der Waals surface area contributed by atoms with Gasteiger partial charge >= 0.3 is 5.97 Å². The molecule has 0 radical (unpaired) electrons. The third-order valence-corrected chi connectivity index (χ3v) is 2.89. The Morgan fingerprint density at radius 2 is 2.10 bits per heavy atom. The summed E-state index contributed by atoms with van der Waals surface area (Å²) >= 11 is 0. The van der Waals surface area contributed by atoms with E-state index < -0.39 is 5.97 Å². The van der Waals surface area contributed by atoms with E-state index in [4.69, 9.17) is 20.5 Å². The molecule has 2 N–H and O–H groups in total. The largest absolute Gasteiger partial charge is 0.496 e. The molecule has 0 spiro atoms. The molecule has 0 aliphatic carbocycles. The summed E-state index contributed by atoms with van der Waals surface area (Å²) in [5, 5.41) is 8.90. The highest BCUT2D eigenvalue weighted by Gasteiger charge is 2.10. The Hall–Kier alpha value is -3.00. The summed E-state index contributed by atoms with van der Waals surface area (Å²) in [6.07, 6.45) is 0. The lowest BCUT2D eigenvalue weighted by atomic mass is 10.1. The second kappa shape index (κ2) is 6.44. The number of nitrogens with two attached hydrogens (primary N) is 1. The van der Waals surface area contributed by atoms with Crippen LogP contribution in [-0.4, -0.2) is 13.1 Å². The zero-order chi connectivity index (χ0) is 15.2. The molecule has 0 amide bonds. The maximum atomic E-state index is 11.9. The quantitative estimate of drug-likeness (QED) is 0.688. The van der Waals surface area contributed by atoms with Crippen molar-refractivity contribution >= 4 is 11.7 Å². The van der Waals surface area contributed by atoms with Gasteiger partial charge in [-0.15, -0.1) is 0 Å². The van der Waals surface area contributed by atoms with Gasteiger partial charge in [-0.1, -0.05) is 6.07 Å². The van der Waals surface area contributed by atoms with Crippen LogP contribution in [0.5, 0.6) is 5.75 Å². The molecule has 0 heterocycles. The van der Waals surface area contributed by atoms with Crippen LogP contribution in [0.4, 0.5) is 5.69 Å². The minimum absolute atomic E-state index is 0.0202. The molecule has 106 valence electrons. The zero-order valence-electron chi connectivity index (χ0n) is 11.5. The molecule has 0 aliphatic rings. The van der Waals surface area contributed by atoms with E-state index in [9.17, 15) is 4.79 Å². The fourth-order valence-electron chi connectivity index (χ4n) is 1.85. The number of nitrogen functional groups attached to an aromatic ring is 1. The molecule has 0 bridgehead atoms. The third-order valence-electron chi connectivity index (χ3n) is 2.89. The van der Waals surface area contributed by atoms with E-state index >= 15 is 0 Å². The van der Waals surface area contributed by atoms with Crippen LogP contribution in [-0.2, 0) is 11.3 Å². The normalized spacial score (nSPS) is 9.71. The van der Waals surface area contributed by atoms with Gasteiger partial charge in [-0.3, -0.25) is 0 Å². The van der Waals surface area contributed by atoms with Crippen LogP contribution in [0.25, 0.3) is 0 Å². The first kappa shape index (κ1) is 14.4. The van der Waals surface area contributed by atoms with Gasteiger partial charge < -0.3 is 15.2 Å². The highest BCUT2D eigenvalue weighted by molar-refractivity contribution is 5.90. The molecule has 0 aromatic heterocycles. The topological polar surface area (TPSA) is 85.3 Å². The lowest BCUT2D eigenvalue weighted by Gasteiger charge is -2.10. The molecule has 2 aromatic rings. The number of nitriles is 1. The molecule has 0 saturated carbocycles. The van der Waals surface area contributed by atoms with Crippen molar-refractivity contribution in [2.75, 3.05) is 12.8 Å². The van der Waals surface area contributed by atoms with Crippen molar-refractivity contribution in [3.63, 3.8) is 0 Å². The highest BCUT2D eigenvalue weighted by atomic mass is 16.5. The molecular formula is C16H14N2O3. The molecule has 0 atom stereocenters. The predicted molar refractivity (Wildman–Crippen MR) is 77.7 cm³/mol. The molecule has 0 unspecified atom stereocenters. The summed E-state index contributed by atoms with van der Waals surface area (Å²) < 4.78 is 10.4. The van der Waals surface area contributed by atoms with E-state index in [-0.39, 0.29) is 6.61 Å². The number of hydrogen-bond acceptors (Lipinski definition) is 5. The van der Waals surface area contributed by atoms with Crippen LogP contribution < -0.4 is 10.5 Å². The number of carbonyl (C=O) groups is 1. The highest BCUT2D eigenvalue weighted by Crippen LogP contribution is 2.21. The summed E-state index contributed by atoms with van der Waals surface area (Å²) in [5.41, 5.74) is 7.61. The Morgan fingerprint density at radius 3 is 2.76 bits per heavy atom. The number of hydrogen-bond donors (Lipinski definition) is 1. The predicted octanol–water partition coefficient (Wildman–Crippen LogP) is 2.51. The number of ether oxygens (including phenoxy) is 2. The van der Waals surface area contributed by atoms with E-state index in [1.807, 2.05) is 6.07 Å². The van der Waals surface area contributed by atoms with Gasteiger partial charge in [-0.05, 0) is 36.4 Å². The lowest BCUT2D eigenvalue weighted by Crippen LogP contribution is -2.06. The average molecular weight is 282 g/mol. The fraction of sp³-hybridized carbons (Fsp3) is 0.125. The number of benzene rings is 2. The maximum absolute atomic E-state index is 11.9. The van der Waals surface area contributed by atoms with Gasteiger partial charge in [0.15, 0.2) is 0 Å². The Morgan fingerprint density at radius 1 is 1.29 bits per heavy atom. The van der Waals surface area contributed by atoms with Crippen LogP contribution in [0.1, 0.15) is 21.5 Å². The number of carbonyl (C=O) groups excluding carboxylic acids is 1. The molecule has 5 nitrogen and oxygen atoms in total. The van der Waals surface area contributed by atoms with Crippen LogP contribution >= 0.6 is 0 Å². The van der Waals surface area contributed by atoms with Crippen molar-refractivity contribution in [1.29, 1.82) is 5.26 Å². The second-order valence-electron chi connectivity index (χ2n) is 4.34. The summed E-state index contributed by atoms with van der Waals surface area (Å²) in [5.74, 6) is 0.0843. The summed E-state index contributed by atoms with van der Waals surface area (Å²) in [4.78, 5) is 11.9. The SMILES string of the molecule is COc1ccc(C#N)cc1COC(=O)c1cccc(N)c1. The van der Waals surface area contributed by atoms with Crippen LogP contribution in [0.2, 0.25) is 0 Å². The van der Waals surface area contributed by atoms with Gasteiger partial charge in [0.25, 0.3) is 0 Å². The molecule has 5 heteroatoms. The second-order valence-corrected chi connectivity index (χ2v) is 4.34. The fourth-order valence-corrected chi connectivity index (χ4v) is 1.85. The Kier molecular flexibility index (Phi) is 4.42. The van der Waals surface area contributed by atoms with Crippen molar-refractivity contribution in [2.24, 2.45) is 0 Å². The van der Waals surface area contributed by atoms with Crippen LogP contribution in [0.3, 0.4) is 0 Å². The number of rotatable bonds is 4. The van der Waals surface area contributed by atoms with Crippen molar-refractivity contribution in [3.05, 3.63) is 59.2 Å². The summed E-state index contributed by atoms with van der Waals surface area (Å²) in [6, 6.07) is 13.5. The standard InChI is InChI=1S/C16H14N2O3/c1-20-15-6-5-11(9-17)7-13(15)10-21-16(19)12-3-2-4-14(18)8-12/h2-8H,10,18H2,1H3. The third kappa shape index (κ3) is 3.51. The van der Waals surface area contributed by atoms with Gasteiger partial charge in [0, 0.05) is 11.3 Å². The molecule has 2 aromatic carbocycles. The van der Waals surface area contributed by atoms with Gasteiger partial charge in [0.2, 0.25) is 0 Å². The Balaban J connectivity index is 2.12. The van der Waals surface area contributed by atoms with Crippen molar-refractivity contribution in [3.8, 4) is 11.8 Å². The Labute approximate surface area is 122 Å². The first-order valence-corrected chi connectivity index (χ1v) is 6.23. The van der Waals surface area contributed by atoms with Crippen molar-refractivity contribution in [2.45, 2.75) is 6.61 Å². The summed E-state index contributed by atoms with van der Waals surface area (Å²) in [6.45, 7) is 0.0202. The number of nitrogens with zero attached hydrogens (tertiary/aromatic N) is 1. The van der Waals surface area contributed by atoms with E-state index in [1.54, 1.807) is 42.5 Å². The average Bonchev–Trinajstić information content (AvgIpc) is 2.52. The first-order valence-electron chi connectivity index (χ1n) is 6.23. The van der Waals surface area contributed by atoms with Crippen molar-refractivity contribution in [1.82, 2.24) is 0 Å². The monoisotopic (exact) mass is 282 g/mol. The van der Waals surface area contributed by atoms with E-state index in [0.29, 0.717) is 28.1 Å². The van der Waals surface area contributed by atoms with Gasteiger partial charge in [0.05, 0.1) is 24.3 Å². The van der Waals surface area contributed by atoms with E-state index in [2.05, 4.69) is 0 Å². The van der Waals surface area contributed by atoms with Gasteiger partial charge in [-0.2, -0.15) is 5.26 Å². The molecule has 21 heavy (non-hydrogen) atoms. The van der Waals surface area contributed by atoms with E-state index in [0.717, 1.165) is 0 Å². The molecular weight excluding hydrogens is 268 g/mol. The maximum Gasteiger partial charge on any atom is 0.338 e. The van der Waals surface area contributed by atoms with Crippen LogP contribution in [0, 0.1) is 11.3 Å². The minimum atomic E-state index is -0.480. The lowest BCUT2D eigenvalue weighted by molar-refractivity contribution is 0.0470. The molecule has 0 aliphatic heterocycles. The number of methoxy groups -OCH3 is 1. The van der Waals surface area contributed by atoms with Crippen LogP contribution in [0.15, 0.2) is 42.5 Å². The molecule has 0 saturated heterocycles.